The molecule has 22 heavy (non-hydrogen) atoms. The van der Waals surface area contributed by atoms with Crippen molar-refractivity contribution in [1.82, 2.24) is 24.5 Å². The van der Waals surface area contributed by atoms with Gasteiger partial charge in [0.05, 0.1) is 5.69 Å². The molecule has 0 bridgehead atoms. The number of fused-ring (bicyclic) bond motifs is 1. The van der Waals surface area contributed by atoms with Gasteiger partial charge < -0.3 is 10.3 Å². The highest BCUT2D eigenvalue weighted by Crippen LogP contribution is 2.42. The van der Waals surface area contributed by atoms with Gasteiger partial charge in [-0.3, -0.25) is 4.68 Å². The van der Waals surface area contributed by atoms with E-state index < -0.39 is 0 Å². The molecule has 0 atom stereocenters. The number of aryl methyl sites for hydroxylation is 2. The molecule has 116 valence electrons. The molecule has 2 saturated carbocycles. The first kappa shape index (κ1) is 12.8. The lowest BCUT2D eigenvalue weighted by Gasteiger charge is -2.31. The molecule has 3 aliphatic carbocycles. The van der Waals surface area contributed by atoms with E-state index in [0.29, 0.717) is 18.0 Å². The molecule has 0 aromatic carbocycles. The highest BCUT2D eigenvalue weighted by atomic mass is 15.4. The van der Waals surface area contributed by atoms with Crippen LogP contribution in [0.2, 0.25) is 0 Å². The number of rotatable bonds is 4. The molecule has 0 saturated heterocycles. The average molecular weight is 298 g/mol. The minimum atomic E-state index is 0.354. The van der Waals surface area contributed by atoms with Crippen LogP contribution in [0.3, 0.4) is 0 Å². The topological polar surface area (TPSA) is 74.6 Å². The molecule has 0 unspecified atom stereocenters. The average Bonchev–Trinajstić information content (AvgIpc) is 2.89. The monoisotopic (exact) mass is 298 g/mol. The van der Waals surface area contributed by atoms with Crippen molar-refractivity contribution in [1.29, 1.82) is 0 Å². The minimum Gasteiger partial charge on any atom is -0.328 e. The van der Waals surface area contributed by atoms with Crippen molar-refractivity contribution in [2.24, 2.45) is 5.73 Å². The number of nitrogens with zero attached hydrogens (tertiary/aromatic N) is 5. The lowest BCUT2D eigenvalue weighted by molar-refractivity contribution is 0.327. The zero-order chi connectivity index (χ0) is 14.7. The van der Waals surface area contributed by atoms with E-state index in [4.69, 9.17) is 10.8 Å². The number of hydrogen-bond donors (Lipinski definition) is 1. The predicted molar refractivity (Wildman–Crippen MR) is 81.6 cm³/mol. The Labute approximate surface area is 129 Å². The molecule has 2 aromatic heterocycles. The van der Waals surface area contributed by atoms with Crippen LogP contribution in [0, 0.1) is 0 Å². The molecular formula is C16H22N6. The maximum Gasteiger partial charge on any atom is 0.155 e. The Bertz CT molecular complexity index is 683. The van der Waals surface area contributed by atoms with Gasteiger partial charge in [0.1, 0.15) is 12.4 Å². The van der Waals surface area contributed by atoms with Gasteiger partial charge in [-0.1, -0.05) is 0 Å². The van der Waals surface area contributed by atoms with Crippen molar-refractivity contribution in [2.75, 3.05) is 0 Å². The van der Waals surface area contributed by atoms with Gasteiger partial charge in [-0.2, -0.15) is 5.10 Å². The van der Waals surface area contributed by atoms with Gasteiger partial charge in [0.15, 0.2) is 5.82 Å². The molecule has 5 rings (SSSR count). The van der Waals surface area contributed by atoms with E-state index in [2.05, 4.69) is 25.6 Å². The van der Waals surface area contributed by atoms with Gasteiger partial charge in [0.2, 0.25) is 0 Å². The summed E-state index contributed by atoms with van der Waals surface area (Å²) in [7, 11) is 0. The molecule has 3 aliphatic rings. The predicted octanol–water partition coefficient (Wildman–Crippen LogP) is 1.55. The smallest absolute Gasteiger partial charge is 0.155 e. The van der Waals surface area contributed by atoms with E-state index in [1.165, 1.54) is 42.8 Å². The highest BCUT2D eigenvalue weighted by molar-refractivity contribution is 5.22. The molecule has 0 spiro atoms. The summed E-state index contributed by atoms with van der Waals surface area (Å²) in [6.45, 7) is 0.745. The number of aromatic nitrogens is 5. The summed E-state index contributed by atoms with van der Waals surface area (Å²) < 4.78 is 4.45. The van der Waals surface area contributed by atoms with Crippen LogP contribution >= 0.6 is 0 Å². The van der Waals surface area contributed by atoms with E-state index in [0.717, 1.165) is 31.6 Å². The quantitative estimate of drug-likeness (QED) is 0.929. The van der Waals surface area contributed by atoms with Crippen molar-refractivity contribution in [2.45, 2.75) is 69.5 Å². The van der Waals surface area contributed by atoms with Crippen molar-refractivity contribution in [3.05, 3.63) is 29.1 Å². The second kappa shape index (κ2) is 4.65. The summed E-state index contributed by atoms with van der Waals surface area (Å²) in [5.41, 5.74) is 8.65. The molecule has 6 nitrogen and oxygen atoms in total. The van der Waals surface area contributed by atoms with Gasteiger partial charge in [-0.25, -0.2) is 0 Å². The molecule has 2 aromatic rings. The first-order valence-electron chi connectivity index (χ1n) is 8.52. The van der Waals surface area contributed by atoms with Gasteiger partial charge in [-0.05, 0) is 50.5 Å². The van der Waals surface area contributed by atoms with Gasteiger partial charge in [0, 0.05) is 24.2 Å². The first-order chi connectivity index (χ1) is 10.8. The summed E-state index contributed by atoms with van der Waals surface area (Å²) in [5, 5.41) is 13.7. The Morgan fingerprint density at radius 1 is 1.18 bits per heavy atom. The van der Waals surface area contributed by atoms with Crippen LogP contribution in [-0.2, 0) is 19.4 Å². The summed E-state index contributed by atoms with van der Waals surface area (Å²) in [6, 6.07) is 0.964. The zero-order valence-corrected chi connectivity index (χ0v) is 12.8. The standard InChI is InChI=1S/C16H22N6/c17-12-6-11(7-12)16-19-18-15(22(16)13-4-5-13)9-21-8-10-2-1-3-14(10)20-21/h8,11-13H,1-7,9,17H2. The van der Waals surface area contributed by atoms with Crippen LogP contribution < -0.4 is 5.73 Å². The van der Waals surface area contributed by atoms with Crippen molar-refractivity contribution < 1.29 is 0 Å². The second-order valence-corrected chi connectivity index (χ2v) is 7.16. The van der Waals surface area contributed by atoms with E-state index in [1.54, 1.807) is 0 Å². The largest absolute Gasteiger partial charge is 0.328 e. The summed E-state index contributed by atoms with van der Waals surface area (Å²) in [5.74, 6) is 2.75. The lowest BCUT2D eigenvalue weighted by atomic mass is 9.80. The Morgan fingerprint density at radius 2 is 2.05 bits per heavy atom. The minimum absolute atomic E-state index is 0.354. The third kappa shape index (κ3) is 2.00. The fourth-order valence-electron chi connectivity index (χ4n) is 3.92. The Balaban J connectivity index is 1.43. The van der Waals surface area contributed by atoms with Crippen LogP contribution in [0.4, 0.5) is 0 Å². The third-order valence-electron chi connectivity index (χ3n) is 5.33. The Hall–Kier alpha value is -1.69. The van der Waals surface area contributed by atoms with Gasteiger partial charge in [0.25, 0.3) is 0 Å². The zero-order valence-electron chi connectivity index (χ0n) is 12.8. The fourth-order valence-corrected chi connectivity index (χ4v) is 3.92. The normalized spacial score (nSPS) is 27.0. The molecule has 0 radical (unpaired) electrons. The van der Waals surface area contributed by atoms with Crippen LogP contribution in [0.15, 0.2) is 6.20 Å². The van der Waals surface area contributed by atoms with Gasteiger partial charge >= 0.3 is 0 Å². The maximum atomic E-state index is 5.95. The van der Waals surface area contributed by atoms with Crippen LogP contribution in [0.1, 0.15) is 67.0 Å². The van der Waals surface area contributed by atoms with E-state index in [-0.39, 0.29) is 0 Å². The molecular weight excluding hydrogens is 276 g/mol. The van der Waals surface area contributed by atoms with E-state index in [1.807, 2.05) is 0 Å². The van der Waals surface area contributed by atoms with Crippen molar-refractivity contribution in [3.63, 3.8) is 0 Å². The van der Waals surface area contributed by atoms with Crippen molar-refractivity contribution in [3.8, 4) is 0 Å². The number of hydrogen-bond acceptors (Lipinski definition) is 4. The molecule has 6 heteroatoms. The molecule has 2 N–H and O–H groups in total. The SMILES string of the molecule is NC1CC(c2nnc(Cn3cc4c(n3)CCC4)n2C2CC2)C1. The summed E-state index contributed by atoms with van der Waals surface area (Å²) in [4.78, 5) is 0. The lowest BCUT2D eigenvalue weighted by Crippen LogP contribution is -2.36. The Morgan fingerprint density at radius 3 is 2.77 bits per heavy atom. The van der Waals surface area contributed by atoms with Crippen LogP contribution in [-0.4, -0.2) is 30.6 Å². The first-order valence-corrected chi connectivity index (χ1v) is 8.52. The van der Waals surface area contributed by atoms with Crippen LogP contribution in [0.5, 0.6) is 0 Å². The van der Waals surface area contributed by atoms with Crippen molar-refractivity contribution >= 4 is 0 Å². The summed E-state index contributed by atoms with van der Waals surface area (Å²) >= 11 is 0. The molecule has 2 fully saturated rings. The summed E-state index contributed by atoms with van der Waals surface area (Å²) in [6.07, 6.45) is 10.4. The van der Waals surface area contributed by atoms with Gasteiger partial charge in [-0.15, -0.1) is 10.2 Å². The van der Waals surface area contributed by atoms with Crippen LogP contribution in [0.25, 0.3) is 0 Å². The third-order valence-corrected chi connectivity index (χ3v) is 5.33. The molecule has 0 aliphatic heterocycles. The Kier molecular flexibility index (Phi) is 2.71. The second-order valence-electron chi connectivity index (χ2n) is 7.16. The fraction of sp³-hybridized carbons (Fsp3) is 0.688. The molecule has 2 heterocycles. The van der Waals surface area contributed by atoms with E-state index in [9.17, 15) is 0 Å². The molecule has 0 amide bonds. The maximum absolute atomic E-state index is 5.95. The van der Waals surface area contributed by atoms with E-state index >= 15 is 0 Å². The number of nitrogens with two attached hydrogens (primary N) is 1. The highest BCUT2D eigenvalue weighted by Gasteiger charge is 2.37.